The van der Waals surface area contributed by atoms with Gasteiger partial charge < -0.3 is 14.8 Å². The van der Waals surface area contributed by atoms with Gasteiger partial charge in [0.1, 0.15) is 17.7 Å². The summed E-state index contributed by atoms with van der Waals surface area (Å²) in [5, 5.41) is 3.25. The second-order valence-electron chi connectivity index (χ2n) is 10.2. The molecule has 0 radical (unpaired) electrons. The molecule has 1 N–H and O–H groups in total. The molecule has 1 amide bonds. The van der Waals surface area contributed by atoms with Crippen molar-refractivity contribution in [1.29, 1.82) is 0 Å². The molecule has 4 rings (SSSR count). The third-order valence-corrected chi connectivity index (χ3v) is 7.29. The number of cyclic esters (lactones) is 1. The number of halogens is 7. The van der Waals surface area contributed by atoms with E-state index in [-0.39, 0.29) is 18.5 Å². The summed E-state index contributed by atoms with van der Waals surface area (Å²) in [6, 6.07) is 3.34. The Morgan fingerprint density at radius 2 is 1.68 bits per heavy atom. The molecule has 1 saturated heterocycles. The van der Waals surface area contributed by atoms with Gasteiger partial charge in [0.05, 0.1) is 24.3 Å². The summed E-state index contributed by atoms with van der Waals surface area (Å²) in [6.07, 6.45) is -11.8. The van der Waals surface area contributed by atoms with Gasteiger partial charge in [-0.25, -0.2) is 9.18 Å². The van der Waals surface area contributed by atoms with E-state index in [0.29, 0.717) is 48.5 Å². The van der Waals surface area contributed by atoms with Crippen molar-refractivity contribution in [3.05, 3.63) is 69.5 Å². The summed E-state index contributed by atoms with van der Waals surface area (Å²) < 4.78 is 106. The maximum absolute atomic E-state index is 14.6. The average molecular weight is 575 g/mol. The van der Waals surface area contributed by atoms with Gasteiger partial charge in [-0.2, -0.15) is 26.3 Å². The number of carbonyl (C=O) groups excluding carboxylic acids is 1. The van der Waals surface area contributed by atoms with Crippen LogP contribution in [-0.2, 0) is 17.1 Å². The van der Waals surface area contributed by atoms with Gasteiger partial charge in [0, 0.05) is 24.7 Å². The first-order valence-electron chi connectivity index (χ1n) is 12.7. The maximum Gasteiger partial charge on any atom is 0.416 e. The Morgan fingerprint density at radius 1 is 1.05 bits per heavy atom. The number of rotatable bonds is 6. The van der Waals surface area contributed by atoms with E-state index in [1.165, 1.54) is 25.0 Å². The highest BCUT2D eigenvalue weighted by molar-refractivity contribution is 5.78. The van der Waals surface area contributed by atoms with Crippen molar-refractivity contribution >= 4 is 11.7 Å². The van der Waals surface area contributed by atoms with Crippen molar-refractivity contribution in [3.63, 3.8) is 0 Å². The molecule has 218 valence electrons. The molecule has 1 fully saturated rings. The number of alkyl halides is 6. The average Bonchev–Trinajstić information content (AvgIpc) is 3.15. The number of nitrogens with zero attached hydrogens (tertiary/aromatic N) is 1. The van der Waals surface area contributed by atoms with Crippen molar-refractivity contribution in [2.45, 2.75) is 57.6 Å². The first-order chi connectivity index (χ1) is 18.6. The van der Waals surface area contributed by atoms with E-state index in [1.54, 1.807) is 6.07 Å². The number of hydrogen-bond acceptors (Lipinski definition) is 4. The van der Waals surface area contributed by atoms with Gasteiger partial charge in [-0.3, -0.25) is 4.90 Å². The summed E-state index contributed by atoms with van der Waals surface area (Å²) in [4.78, 5) is 14.2. The van der Waals surface area contributed by atoms with Crippen LogP contribution in [0.2, 0.25) is 0 Å². The molecule has 2 atom stereocenters. The minimum atomic E-state index is -5.03. The lowest BCUT2D eigenvalue weighted by molar-refractivity contribution is -0.143. The number of nitrogens with one attached hydrogen (secondary N) is 1. The van der Waals surface area contributed by atoms with Crippen LogP contribution >= 0.6 is 0 Å². The van der Waals surface area contributed by atoms with Crippen molar-refractivity contribution < 1.29 is 45.0 Å². The normalized spacial score (nSPS) is 20.4. The molecule has 2 aromatic rings. The number of benzene rings is 2. The van der Waals surface area contributed by atoms with Crippen LogP contribution in [0, 0.1) is 5.82 Å². The number of methoxy groups -OCH3 is 1. The van der Waals surface area contributed by atoms with Crippen molar-refractivity contribution in [1.82, 2.24) is 10.2 Å². The fourth-order valence-electron chi connectivity index (χ4n) is 5.12. The standard InChI is InChI=1S/C28H29F7N2O3/c1-14(2)20-10-21(24(39-4)11-23(20)29)22-12-36-6-5-16(22)13-37-15(3)25(40-26(37)38)17-7-18(27(30,31)32)9-19(8-17)28(33,34)35/h7-11,14-15,25,36H,5-6,12-13H2,1-4H3. The Morgan fingerprint density at radius 3 is 2.23 bits per heavy atom. The molecule has 5 nitrogen and oxygen atoms in total. The van der Waals surface area contributed by atoms with Gasteiger partial charge >= 0.3 is 18.4 Å². The van der Waals surface area contributed by atoms with Crippen LogP contribution in [0.25, 0.3) is 5.57 Å². The molecule has 2 aliphatic rings. The van der Waals surface area contributed by atoms with Crippen LogP contribution in [-0.4, -0.2) is 43.8 Å². The van der Waals surface area contributed by atoms with Crippen LogP contribution in [0.1, 0.15) is 67.0 Å². The summed E-state index contributed by atoms with van der Waals surface area (Å²) >= 11 is 0. The fourth-order valence-corrected chi connectivity index (χ4v) is 5.12. The number of carbonyl (C=O) groups is 1. The molecule has 0 spiro atoms. The summed E-state index contributed by atoms with van der Waals surface area (Å²) in [7, 11) is 1.42. The van der Waals surface area contributed by atoms with E-state index in [9.17, 15) is 35.5 Å². The zero-order chi connectivity index (χ0) is 29.6. The summed E-state index contributed by atoms with van der Waals surface area (Å²) in [5.41, 5.74) is -0.675. The van der Waals surface area contributed by atoms with Crippen molar-refractivity contribution in [3.8, 4) is 5.75 Å². The third-order valence-electron chi connectivity index (χ3n) is 7.29. The Balaban J connectivity index is 1.71. The van der Waals surface area contributed by atoms with Crippen LogP contribution in [0.15, 0.2) is 35.9 Å². The smallest absolute Gasteiger partial charge is 0.416 e. The lowest BCUT2D eigenvalue weighted by Gasteiger charge is -2.28. The topological polar surface area (TPSA) is 50.8 Å². The van der Waals surface area contributed by atoms with Crippen LogP contribution in [0.4, 0.5) is 35.5 Å². The molecule has 40 heavy (non-hydrogen) atoms. The Bertz CT molecular complexity index is 1290. The monoisotopic (exact) mass is 574 g/mol. The minimum absolute atomic E-state index is 0.0240. The third kappa shape index (κ3) is 5.91. The Hall–Kier alpha value is -3.28. The highest BCUT2D eigenvalue weighted by Crippen LogP contribution is 2.42. The van der Waals surface area contributed by atoms with E-state index < -0.39 is 53.1 Å². The van der Waals surface area contributed by atoms with Crippen LogP contribution < -0.4 is 10.1 Å². The molecule has 0 bridgehead atoms. The summed E-state index contributed by atoms with van der Waals surface area (Å²) in [6.45, 7) is 6.20. The predicted octanol–water partition coefficient (Wildman–Crippen LogP) is 7.32. The number of hydrogen-bond donors (Lipinski definition) is 1. The first-order valence-corrected chi connectivity index (χ1v) is 12.7. The quantitative estimate of drug-likeness (QED) is 0.368. The van der Waals surface area contributed by atoms with E-state index in [0.717, 1.165) is 11.1 Å². The van der Waals surface area contributed by atoms with Crippen LogP contribution in [0.5, 0.6) is 5.75 Å². The second-order valence-corrected chi connectivity index (χ2v) is 10.2. The van der Waals surface area contributed by atoms with Crippen LogP contribution in [0.3, 0.4) is 0 Å². The van der Waals surface area contributed by atoms with Gasteiger partial charge in [0.2, 0.25) is 0 Å². The molecule has 12 heteroatoms. The SMILES string of the molecule is COc1cc(F)c(C(C)C)cc1C1=C(CN2C(=O)OC(c3cc(C(F)(F)F)cc(C(F)(F)F)c3)C2C)CCNC1. The van der Waals surface area contributed by atoms with Gasteiger partial charge in [0.25, 0.3) is 0 Å². The van der Waals surface area contributed by atoms with E-state index in [2.05, 4.69) is 5.32 Å². The highest BCUT2D eigenvalue weighted by Gasteiger charge is 2.43. The largest absolute Gasteiger partial charge is 0.496 e. The molecule has 0 saturated carbocycles. The van der Waals surface area contributed by atoms with Crippen molar-refractivity contribution in [2.75, 3.05) is 26.7 Å². The van der Waals surface area contributed by atoms with E-state index in [4.69, 9.17) is 9.47 Å². The first kappa shape index (κ1) is 29.7. The Labute approximate surface area is 226 Å². The molecular formula is C28H29F7N2O3. The lowest BCUT2D eigenvalue weighted by Crippen LogP contribution is -2.36. The zero-order valence-electron chi connectivity index (χ0n) is 22.3. The van der Waals surface area contributed by atoms with Gasteiger partial charge in [-0.1, -0.05) is 13.8 Å². The molecule has 2 unspecified atom stereocenters. The summed E-state index contributed by atoms with van der Waals surface area (Å²) in [5.74, 6) is -0.231. The minimum Gasteiger partial charge on any atom is -0.496 e. The van der Waals surface area contributed by atoms with Gasteiger partial charge in [0.15, 0.2) is 0 Å². The van der Waals surface area contributed by atoms with Gasteiger partial charge in [-0.05, 0) is 72.3 Å². The molecule has 0 aliphatic carbocycles. The molecule has 2 aliphatic heterocycles. The number of amides is 1. The van der Waals surface area contributed by atoms with E-state index >= 15 is 0 Å². The van der Waals surface area contributed by atoms with Gasteiger partial charge in [-0.15, -0.1) is 0 Å². The zero-order valence-corrected chi connectivity index (χ0v) is 22.3. The number of ether oxygens (including phenoxy) is 2. The molecule has 2 heterocycles. The highest BCUT2D eigenvalue weighted by atomic mass is 19.4. The maximum atomic E-state index is 14.6. The van der Waals surface area contributed by atoms with E-state index in [1.807, 2.05) is 13.8 Å². The fraction of sp³-hybridized carbons (Fsp3) is 0.464. The Kier molecular flexibility index (Phi) is 8.13. The molecule has 0 aromatic heterocycles. The molecular weight excluding hydrogens is 545 g/mol. The lowest BCUT2D eigenvalue weighted by atomic mass is 9.90. The molecule has 2 aromatic carbocycles. The second kappa shape index (κ2) is 10.9. The van der Waals surface area contributed by atoms with Crippen molar-refractivity contribution in [2.24, 2.45) is 0 Å². The predicted molar refractivity (Wildman–Crippen MR) is 133 cm³/mol.